The molecule has 3 aromatic carbocycles. The Hall–Kier alpha value is -3.05. The number of methoxy groups -OCH3 is 1. The third-order valence-electron chi connectivity index (χ3n) is 5.09. The van der Waals surface area contributed by atoms with Crippen LogP contribution in [0.4, 0.5) is 5.69 Å². The highest BCUT2D eigenvalue weighted by atomic mass is 79.9. The highest BCUT2D eigenvalue weighted by Gasteiger charge is 2.42. The van der Waals surface area contributed by atoms with Gasteiger partial charge in [0.2, 0.25) is 0 Å². The molecule has 0 radical (unpaired) electrons. The van der Waals surface area contributed by atoms with Gasteiger partial charge in [0.25, 0.3) is 5.91 Å². The van der Waals surface area contributed by atoms with E-state index in [9.17, 15) is 9.90 Å². The van der Waals surface area contributed by atoms with Crippen molar-refractivity contribution in [1.82, 2.24) is 0 Å². The average molecular weight is 450 g/mol. The number of aliphatic hydroxyl groups excluding tert-OH is 1. The average Bonchev–Trinajstić information content (AvgIpc) is 3.00. The summed E-state index contributed by atoms with van der Waals surface area (Å²) in [6.07, 6.45) is 0. The van der Waals surface area contributed by atoms with Gasteiger partial charge in [-0.1, -0.05) is 57.9 Å². The van der Waals surface area contributed by atoms with E-state index in [1.165, 1.54) is 0 Å². The van der Waals surface area contributed by atoms with Gasteiger partial charge >= 0.3 is 0 Å². The first-order valence-corrected chi connectivity index (χ1v) is 10.0. The number of aliphatic hydroxyl groups is 1. The van der Waals surface area contributed by atoms with Crippen molar-refractivity contribution in [1.29, 1.82) is 0 Å². The number of aryl methyl sites for hydroxylation is 1. The molecule has 146 valence electrons. The van der Waals surface area contributed by atoms with Gasteiger partial charge in [0.05, 0.1) is 13.2 Å². The van der Waals surface area contributed by atoms with Gasteiger partial charge in [-0.25, -0.2) is 0 Å². The Bertz CT molecular complexity index is 1090. The van der Waals surface area contributed by atoms with E-state index in [-0.39, 0.29) is 5.76 Å². The lowest BCUT2D eigenvalue weighted by atomic mass is 9.93. The van der Waals surface area contributed by atoms with Gasteiger partial charge < -0.3 is 9.84 Å². The molecule has 5 heteroatoms. The highest BCUT2D eigenvalue weighted by molar-refractivity contribution is 9.10. The Labute approximate surface area is 178 Å². The maximum atomic E-state index is 13.2. The summed E-state index contributed by atoms with van der Waals surface area (Å²) in [5.41, 5.74) is 4.13. The molecule has 0 aromatic heterocycles. The molecule has 4 rings (SSSR count). The van der Waals surface area contributed by atoms with Crippen LogP contribution >= 0.6 is 15.9 Å². The lowest BCUT2D eigenvalue weighted by Gasteiger charge is -2.27. The molecule has 0 saturated heterocycles. The normalized spacial score (nSPS) is 16.4. The topological polar surface area (TPSA) is 49.8 Å². The molecule has 1 atom stereocenters. The quantitative estimate of drug-likeness (QED) is 0.545. The van der Waals surface area contributed by atoms with Gasteiger partial charge in [0.1, 0.15) is 5.75 Å². The van der Waals surface area contributed by atoms with E-state index in [0.29, 0.717) is 17.0 Å². The minimum atomic E-state index is -0.448. The number of halogens is 1. The monoisotopic (exact) mass is 449 g/mol. The van der Waals surface area contributed by atoms with E-state index >= 15 is 0 Å². The van der Waals surface area contributed by atoms with E-state index in [4.69, 9.17) is 4.74 Å². The molecule has 3 aromatic rings. The first kappa shape index (κ1) is 19.3. The number of carbonyl (C=O) groups is 1. The van der Waals surface area contributed by atoms with Crippen LogP contribution in [0.15, 0.2) is 83.0 Å². The van der Waals surface area contributed by atoms with Crippen molar-refractivity contribution in [2.75, 3.05) is 12.0 Å². The van der Waals surface area contributed by atoms with Crippen LogP contribution in [0.3, 0.4) is 0 Å². The predicted octanol–water partition coefficient (Wildman–Crippen LogP) is 5.82. The molecular formula is C24H20BrNO3. The molecule has 0 bridgehead atoms. The van der Waals surface area contributed by atoms with Gasteiger partial charge in [0.15, 0.2) is 5.76 Å². The van der Waals surface area contributed by atoms with E-state index in [2.05, 4.69) is 15.9 Å². The summed E-state index contributed by atoms with van der Waals surface area (Å²) in [4.78, 5) is 14.8. The van der Waals surface area contributed by atoms with Crippen molar-refractivity contribution < 1.29 is 14.6 Å². The molecular weight excluding hydrogens is 430 g/mol. The van der Waals surface area contributed by atoms with E-state index < -0.39 is 11.9 Å². The Morgan fingerprint density at radius 3 is 2.31 bits per heavy atom. The SMILES string of the molecule is COc1ccc(N2C(=O)C(O)=C(c3ccc(C)cc3)[C@H]2c2cccc(Br)c2)cc1. The van der Waals surface area contributed by atoms with Crippen LogP contribution in [0.1, 0.15) is 22.7 Å². The highest BCUT2D eigenvalue weighted by Crippen LogP contribution is 2.45. The van der Waals surface area contributed by atoms with Gasteiger partial charge in [-0.05, 0) is 54.4 Å². The fraction of sp³-hybridized carbons (Fsp3) is 0.125. The van der Waals surface area contributed by atoms with Crippen molar-refractivity contribution in [3.8, 4) is 5.75 Å². The maximum Gasteiger partial charge on any atom is 0.294 e. The molecule has 1 N–H and O–H groups in total. The van der Waals surface area contributed by atoms with Crippen molar-refractivity contribution in [3.05, 3.63) is 99.7 Å². The number of benzene rings is 3. The molecule has 0 unspecified atom stereocenters. The third-order valence-corrected chi connectivity index (χ3v) is 5.58. The Morgan fingerprint density at radius 2 is 1.69 bits per heavy atom. The number of hydrogen-bond donors (Lipinski definition) is 1. The second-order valence-corrected chi connectivity index (χ2v) is 7.87. The van der Waals surface area contributed by atoms with E-state index in [0.717, 1.165) is 21.2 Å². The number of ether oxygens (including phenoxy) is 1. The van der Waals surface area contributed by atoms with Crippen molar-refractivity contribution >= 4 is 33.1 Å². The van der Waals surface area contributed by atoms with Crippen LogP contribution in [-0.2, 0) is 4.79 Å². The zero-order chi connectivity index (χ0) is 20.5. The summed E-state index contributed by atoms with van der Waals surface area (Å²) in [7, 11) is 1.60. The molecule has 1 heterocycles. The maximum absolute atomic E-state index is 13.2. The smallest absolute Gasteiger partial charge is 0.294 e. The molecule has 29 heavy (non-hydrogen) atoms. The number of amides is 1. The minimum Gasteiger partial charge on any atom is -0.503 e. The Morgan fingerprint density at radius 1 is 1.00 bits per heavy atom. The van der Waals surface area contributed by atoms with Gasteiger partial charge in [0, 0.05) is 15.7 Å². The van der Waals surface area contributed by atoms with Crippen LogP contribution in [0.2, 0.25) is 0 Å². The lowest BCUT2D eigenvalue weighted by Crippen LogP contribution is -2.30. The summed E-state index contributed by atoms with van der Waals surface area (Å²) in [5.74, 6) is 0.0562. The number of carbonyl (C=O) groups excluding carboxylic acids is 1. The molecule has 1 aliphatic rings. The van der Waals surface area contributed by atoms with Crippen LogP contribution in [0.25, 0.3) is 5.57 Å². The molecule has 0 fully saturated rings. The molecule has 1 aliphatic heterocycles. The van der Waals surface area contributed by atoms with Crippen LogP contribution in [-0.4, -0.2) is 18.1 Å². The van der Waals surface area contributed by atoms with Crippen LogP contribution in [0, 0.1) is 6.92 Å². The Kier molecular flexibility index (Phi) is 5.16. The Balaban J connectivity index is 1.89. The van der Waals surface area contributed by atoms with Crippen molar-refractivity contribution in [2.24, 2.45) is 0 Å². The fourth-order valence-corrected chi connectivity index (χ4v) is 4.05. The van der Waals surface area contributed by atoms with Crippen LogP contribution in [0.5, 0.6) is 5.75 Å². The zero-order valence-corrected chi connectivity index (χ0v) is 17.7. The number of nitrogens with zero attached hydrogens (tertiary/aromatic N) is 1. The van der Waals surface area contributed by atoms with E-state index in [1.807, 2.05) is 79.7 Å². The second kappa shape index (κ2) is 7.76. The zero-order valence-electron chi connectivity index (χ0n) is 16.1. The number of anilines is 1. The predicted molar refractivity (Wildman–Crippen MR) is 118 cm³/mol. The van der Waals surface area contributed by atoms with Crippen LogP contribution < -0.4 is 9.64 Å². The molecule has 4 nitrogen and oxygen atoms in total. The summed E-state index contributed by atoms with van der Waals surface area (Å²) in [6, 6.07) is 22.5. The lowest BCUT2D eigenvalue weighted by molar-refractivity contribution is -0.117. The third kappa shape index (κ3) is 3.54. The summed E-state index contributed by atoms with van der Waals surface area (Å²) < 4.78 is 6.15. The minimum absolute atomic E-state index is 0.227. The standard InChI is InChI=1S/C24H20BrNO3/c1-15-6-8-16(9-7-15)21-22(17-4-3-5-18(25)14-17)26(24(28)23(21)27)19-10-12-20(29-2)13-11-19/h3-14,22,27H,1-2H3/t22-/m1/s1. The van der Waals surface area contributed by atoms with Crippen molar-refractivity contribution in [3.63, 3.8) is 0 Å². The molecule has 1 amide bonds. The molecule has 0 saturated carbocycles. The first-order chi connectivity index (χ1) is 14.0. The molecule has 0 spiro atoms. The summed E-state index contributed by atoms with van der Waals surface area (Å²) in [6.45, 7) is 2.01. The van der Waals surface area contributed by atoms with E-state index in [1.54, 1.807) is 12.0 Å². The van der Waals surface area contributed by atoms with Gasteiger partial charge in [-0.2, -0.15) is 0 Å². The number of hydrogen-bond acceptors (Lipinski definition) is 3. The summed E-state index contributed by atoms with van der Waals surface area (Å²) >= 11 is 3.52. The number of rotatable bonds is 4. The first-order valence-electron chi connectivity index (χ1n) is 9.23. The summed E-state index contributed by atoms with van der Waals surface area (Å²) in [5, 5.41) is 10.9. The van der Waals surface area contributed by atoms with Crippen molar-refractivity contribution in [2.45, 2.75) is 13.0 Å². The second-order valence-electron chi connectivity index (χ2n) is 6.96. The van der Waals surface area contributed by atoms with Gasteiger partial charge in [-0.3, -0.25) is 9.69 Å². The fourth-order valence-electron chi connectivity index (χ4n) is 3.63. The largest absolute Gasteiger partial charge is 0.503 e. The van der Waals surface area contributed by atoms with Gasteiger partial charge in [-0.15, -0.1) is 0 Å². The molecule has 0 aliphatic carbocycles.